The number of nitrogens with zero attached hydrogens (tertiary/aromatic N) is 2. The Bertz CT molecular complexity index is 972. The molecule has 3 heterocycles. The molecule has 0 bridgehead atoms. The maximum atomic E-state index is 12.5. The predicted molar refractivity (Wildman–Crippen MR) is 108 cm³/mol. The number of ether oxygens (including phenoxy) is 1. The number of rotatable bonds is 5. The van der Waals surface area contributed by atoms with E-state index in [0.717, 1.165) is 28.9 Å². The van der Waals surface area contributed by atoms with Gasteiger partial charge in [-0.05, 0) is 24.4 Å². The van der Waals surface area contributed by atoms with E-state index in [9.17, 15) is 9.59 Å². The Labute approximate surface area is 167 Å². The number of hydrogen-bond acceptors (Lipinski definition) is 6. The summed E-state index contributed by atoms with van der Waals surface area (Å²) in [6.45, 7) is 5.51. The molecule has 7 heteroatoms. The van der Waals surface area contributed by atoms with Crippen LogP contribution in [0.25, 0.3) is 11.0 Å². The zero-order valence-electron chi connectivity index (χ0n) is 15.7. The predicted octanol–water partition coefficient (Wildman–Crippen LogP) is 3.63. The van der Waals surface area contributed by atoms with Crippen molar-refractivity contribution in [3.63, 3.8) is 0 Å². The molecular weight excluding hydrogens is 376 g/mol. The van der Waals surface area contributed by atoms with E-state index in [-0.39, 0.29) is 11.7 Å². The fourth-order valence-corrected chi connectivity index (χ4v) is 4.20. The molecule has 28 heavy (non-hydrogen) atoms. The average molecular weight is 398 g/mol. The molecule has 4 rings (SSSR count). The van der Waals surface area contributed by atoms with Crippen molar-refractivity contribution in [2.45, 2.75) is 13.5 Å². The van der Waals surface area contributed by atoms with Crippen molar-refractivity contribution in [3.8, 4) is 0 Å². The molecule has 1 aliphatic heterocycles. The zero-order valence-corrected chi connectivity index (χ0v) is 16.5. The van der Waals surface area contributed by atoms with Crippen LogP contribution in [0.3, 0.4) is 0 Å². The van der Waals surface area contributed by atoms with E-state index < -0.39 is 5.97 Å². The van der Waals surface area contributed by atoms with Gasteiger partial charge in [0, 0.05) is 43.7 Å². The Morgan fingerprint density at radius 3 is 2.61 bits per heavy atom. The number of piperazine rings is 1. The standard InChI is InChI=1S/C21H22N2O4S/c1-2-26-21(25)19-16(15-6-3-4-7-17(15)27-19)14-22-9-11-23(12-10-22)20(24)18-8-5-13-28-18/h3-8,13H,2,9-12,14H2,1H3. The zero-order chi connectivity index (χ0) is 19.5. The minimum Gasteiger partial charge on any atom is -0.460 e. The molecule has 0 atom stereocenters. The van der Waals surface area contributed by atoms with Gasteiger partial charge in [0.25, 0.3) is 5.91 Å². The van der Waals surface area contributed by atoms with Gasteiger partial charge in [-0.2, -0.15) is 0 Å². The fourth-order valence-electron chi connectivity index (χ4n) is 3.51. The highest BCUT2D eigenvalue weighted by atomic mass is 32.1. The van der Waals surface area contributed by atoms with Crippen LogP contribution in [0.1, 0.15) is 32.7 Å². The third kappa shape index (κ3) is 3.68. The molecule has 6 nitrogen and oxygen atoms in total. The summed E-state index contributed by atoms with van der Waals surface area (Å²) in [7, 11) is 0. The second-order valence-electron chi connectivity index (χ2n) is 6.67. The average Bonchev–Trinajstić information content (AvgIpc) is 3.37. The first-order valence-corrected chi connectivity index (χ1v) is 10.3. The van der Waals surface area contributed by atoms with E-state index in [4.69, 9.17) is 9.15 Å². The summed E-state index contributed by atoms with van der Waals surface area (Å²) in [5.41, 5.74) is 1.54. The number of amides is 1. The number of esters is 1. The second kappa shape index (κ2) is 8.16. The van der Waals surface area contributed by atoms with Gasteiger partial charge >= 0.3 is 5.97 Å². The van der Waals surface area contributed by atoms with Crippen molar-refractivity contribution < 1.29 is 18.7 Å². The number of furan rings is 1. The normalized spacial score (nSPS) is 15.1. The van der Waals surface area contributed by atoms with Crippen molar-refractivity contribution >= 4 is 34.2 Å². The second-order valence-corrected chi connectivity index (χ2v) is 7.62. The topological polar surface area (TPSA) is 63.0 Å². The van der Waals surface area contributed by atoms with Crippen molar-refractivity contribution in [1.29, 1.82) is 0 Å². The third-order valence-corrected chi connectivity index (χ3v) is 5.79. The van der Waals surface area contributed by atoms with E-state index in [1.165, 1.54) is 11.3 Å². The van der Waals surface area contributed by atoms with Crippen molar-refractivity contribution in [2.75, 3.05) is 32.8 Å². The highest BCUT2D eigenvalue weighted by Crippen LogP contribution is 2.28. The number of fused-ring (bicyclic) bond motifs is 1. The van der Waals surface area contributed by atoms with Crippen molar-refractivity contribution in [3.05, 3.63) is 58.0 Å². The van der Waals surface area contributed by atoms with Crippen LogP contribution in [0, 0.1) is 0 Å². The molecule has 0 N–H and O–H groups in total. The first kappa shape index (κ1) is 18.7. The highest BCUT2D eigenvalue weighted by molar-refractivity contribution is 7.12. The molecule has 1 amide bonds. The van der Waals surface area contributed by atoms with E-state index in [1.807, 2.05) is 46.7 Å². The van der Waals surface area contributed by atoms with Gasteiger partial charge in [0.05, 0.1) is 11.5 Å². The van der Waals surface area contributed by atoms with Gasteiger partial charge in [0.15, 0.2) is 0 Å². The van der Waals surface area contributed by atoms with E-state index in [0.29, 0.717) is 31.8 Å². The summed E-state index contributed by atoms with van der Waals surface area (Å²) in [4.78, 5) is 29.8. The maximum Gasteiger partial charge on any atom is 0.374 e. The summed E-state index contributed by atoms with van der Waals surface area (Å²) in [6.07, 6.45) is 0. The number of thiophene rings is 1. The minimum absolute atomic E-state index is 0.0932. The Morgan fingerprint density at radius 1 is 1.11 bits per heavy atom. The van der Waals surface area contributed by atoms with E-state index in [2.05, 4.69) is 4.90 Å². The Hall–Kier alpha value is -2.64. The van der Waals surface area contributed by atoms with Gasteiger partial charge in [-0.1, -0.05) is 24.3 Å². The van der Waals surface area contributed by atoms with E-state index in [1.54, 1.807) is 6.92 Å². The van der Waals surface area contributed by atoms with Crippen LogP contribution >= 0.6 is 11.3 Å². The quantitative estimate of drug-likeness (QED) is 0.614. The number of hydrogen-bond donors (Lipinski definition) is 0. The smallest absolute Gasteiger partial charge is 0.374 e. The SMILES string of the molecule is CCOC(=O)c1oc2ccccc2c1CN1CCN(C(=O)c2cccs2)CC1. The molecule has 0 aliphatic carbocycles. The van der Waals surface area contributed by atoms with Crippen LogP contribution in [0.5, 0.6) is 0 Å². The van der Waals surface area contributed by atoms with Crippen LogP contribution in [-0.2, 0) is 11.3 Å². The highest BCUT2D eigenvalue weighted by Gasteiger charge is 2.27. The van der Waals surface area contributed by atoms with Gasteiger partial charge in [-0.3, -0.25) is 9.69 Å². The van der Waals surface area contributed by atoms with Gasteiger partial charge in [-0.25, -0.2) is 4.79 Å². The van der Waals surface area contributed by atoms with Crippen molar-refractivity contribution in [2.24, 2.45) is 0 Å². The molecule has 0 radical (unpaired) electrons. The van der Waals surface area contributed by atoms with Gasteiger partial charge in [0.1, 0.15) is 5.58 Å². The van der Waals surface area contributed by atoms with Crippen LogP contribution in [-0.4, -0.2) is 54.5 Å². The van der Waals surface area contributed by atoms with Crippen LogP contribution in [0.15, 0.2) is 46.2 Å². The molecule has 0 spiro atoms. The molecule has 3 aromatic rings. The Kier molecular flexibility index (Phi) is 5.45. The Balaban J connectivity index is 1.49. The summed E-state index contributed by atoms with van der Waals surface area (Å²) in [6, 6.07) is 11.4. The van der Waals surface area contributed by atoms with Crippen LogP contribution < -0.4 is 0 Å². The molecule has 1 fully saturated rings. The lowest BCUT2D eigenvalue weighted by Gasteiger charge is -2.34. The molecule has 1 aromatic carbocycles. The number of benzene rings is 1. The summed E-state index contributed by atoms with van der Waals surface area (Å²) in [5.74, 6) is -0.0593. The largest absolute Gasteiger partial charge is 0.460 e. The monoisotopic (exact) mass is 398 g/mol. The molecular formula is C21H22N2O4S. The number of carbonyl (C=O) groups is 2. The van der Waals surface area contributed by atoms with Crippen LogP contribution in [0.2, 0.25) is 0 Å². The Morgan fingerprint density at radius 2 is 1.89 bits per heavy atom. The lowest BCUT2D eigenvalue weighted by atomic mass is 10.1. The van der Waals surface area contributed by atoms with Gasteiger partial charge < -0.3 is 14.1 Å². The minimum atomic E-state index is -0.430. The summed E-state index contributed by atoms with van der Waals surface area (Å²) in [5, 5.41) is 2.85. The van der Waals surface area contributed by atoms with Crippen molar-refractivity contribution in [1.82, 2.24) is 9.80 Å². The van der Waals surface area contributed by atoms with E-state index >= 15 is 0 Å². The molecule has 2 aromatic heterocycles. The molecule has 1 aliphatic rings. The van der Waals surface area contributed by atoms with Crippen LogP contribution in [0.4, 0.5) is 0 Å². The van der Waals surface area contributed by atoms with Gasteiger partial charge in [0.2, 0.25) is 5.76 Å². The number of para-hydroxylation sites is 1. The first-order valence-electron chi connectivity index (χ1n) is 9.40. The van der Waals surface area contributed by atoms with Gasteiger partial charge in [-0.15, -0.1) is 11.3 Å². The first-order chi connectivity index (χ1) is 13.7. The fraction of sp³-hybridized carbons (Fsp3) is 0.333. The maximum absolute atomic E-state index is 12.5. The lowest BCUT2D eigenvalue weighted by molar-refractivity contribution is 0.0488. The molecule has 1 saturated heterocycles. The number of carbonyl (C=O) groups excluding carboxylic acids is 2. The molecule has 0 saturated carbocycles. The summed E-state index contributed by atoms with van der Waals surface area (Å²) < 4.78 is 11.0. The molecule has 0 unspecified atom stereocenters. The molecule has 146 valence electrons. The third-order valence-electron chi connectivity index (χ3n) is 4.93. The lowest BCUT2D eigenvalue weighted by Crippen LogP contribution is -2.48. The summed E-state index contributed by atoms with van der Waals surface area (Å²) >= 11 is 1.47.